The molecular formula is C16H18O3. The molecule has 0 aromatic heterocycles. The van der Waals surface area contributed by atoms with E-state index in [1.807, 2.05) is 43.3 Å². The Morgan fingerprint density at radius 1 is 0.947 bits per heavy atom. The van der Waals surface area contributed by atoms with E-state index in [-0.39, 0.29) is 6.29 Å². The molecule has 0 aliphatic carbocycles. The first-order valence-electron chi connectivity index (χ1n) is 6.23. The van der Waals surface area contributed by atoms with Crippen LogP contribution in [-0.4, -0.2) is 18.5 Å². The Bertz CT molecular complexity index is 503. The normalized spacial score (nSPS) is 12.1. The second kappa shape index (κ2) is 6.25. The number of rotatable bonds is 5. The first kappa shape index (κ1) is 13.4. The number of aromatic hydroxyl groups is 1. The Hall–Kier alpha value is -2.00. The summed E-state index contributed by atoms with van der Waals surface area (Å²) in [5, 5.41) is 9.24. The number of phenols is 1. The SMILES string of the molecule is COC(C)Oc1ccc(Cc2ccc(O)cc2)cc1. The quantitative estimate of drug-likeness (QED) is 0.836. The molecule has 0 bridgehead atoms. The van der Waals surface area contributed by atoms with Gasteiger partial charge in [0.1, 0.15) is 11.5 Å². The van der Waals surface area contributed by atoms with Crippen LogP contribution in [0.2, 0.25) is 0 Å². The average Bonchev–Trinajstić information content (AvgIpc) is 2.43. The van der Waals surface area contributed by atoms with Crippen molar-refractivity contribution < 1.29 is 14.6 Å². The van der Waals surface area contributed by atoms with E-state index in [2.05, 4.69) is 0 Å². The van der Waals surface area contributed by atoms with Gasteiger partial charge < -0.3 is 14.6 Å². The minimum absolute atomic E-state index is 0.247. The number of ether oxygens (including phenoxy) is 2. The Kier molecular flexibility index (Phi) is 4.42. The summed E-state index contributed by atoms with van der Waals surface area (Å²) in [7, 11) is 1.61. The third kappa shape index (κ3) is 4.00. The maximum Gasteiger partial charge on any atom is 0.196 e. The maximum atomic E-state index is 9.24. The van der Waals surface area contributed by atoms with Crippen molar-refractivity contribution in [1.29, 1.82) is 0 Å². The molecule has 2 aromatic rings. The highest BCUT2D eigenvalue weighted by atomic mass is 16.7. The van der Waals surface area contributed by atoms with Crippen molar-refractivity contribution in [3.8, 4) is 11.5 Å². The molecule has 19 heavy (non-hydrogen) atoms. The van der Waals surface area contributed by atoms with Crippen LogP contribution in [0.1, 0.15) is 18.1 Å². The van der Waals surface area contributed by atoms with Crippen molar-refractivity contribution in [3.05, 3.63) is 59.7 Å². The Labute approximate surface area is 113 Å². The minimum atomic E-state index is -0.247. The molecule has 0 saturated carbocycles. The van der Waals surface area contributed by atoms with Crippen LogP contribution in [0.15, 0.2) is 48.5 Å². The maximum absolute atomic E-state index is 9.24. The zero-order chi connectivity index (χ0) is 13.7. The van der Waals surface area contributed by atoms with Crippen molar-refractivity contribution in [2.24, 2.45) is 0 Å². The van der Waals surface area contributed by atoms with Crippen LogP contribution < -0.4 is 4.74 Å². The number of phenolic OH excluding ortho intramolecular Hbond substituents is 1. The molecule has 1 N–H and O–H groups in total. The van der Waals surface area contributed by atoms with Gasteiger partial charge in [-0.25, -0.2) is 0 Å². The Morgan fingerprint density at radius 2 is 1.47 bits per heavy atom. The van der Waals surface area contributed by atoms with E-state index >= 15 is 0 Å². The summed E-state index contributed by atoms with van der Waals surface area (Å²) in [4.78, 5) is 0. The summed E-state index contributed by atoms with van der Waals surface area (Å²) in [5.74, 6) is 1.09. The molecule has 2 aromatic carbocycles. The fraction of sp³-hybridized carbons (Fsp3) is 0.250. The topological polar surface area (TPSA) is 38.7 Å². The van der Waals surface area contributed by atoms with Crippen LogP contribution in [0.3, 0.4) is 0 Å². The standard InChI is InChI=1S/C16H18O3/c1-12(18-2)19-16-9-5-14(6-10-16)11-13-3-7-15(17)8-4-13/h3-10,12,17H,11H2,1-2H3. The van der Waals surface area contributed by atoms with Gasteiger partial charge in [0.2, 0.25) is 0 Å². The number of methoxy groups -OCH3 is 1. The second-order valence-corrected chi connectivity index (χ2v) is 4.41. The number of hydrogen-bond acceptors (Lipinski definition) is 3. The molecule has 0 fully saturated rings. The van der Waals surface area contributed by atoms with E-state index < -0.39 is 0 Å². The van der Waals surface area contributed by atoms with E-state index in [0.29, 0.717) is 5.75 Å². The van der Waals surface area contributed by atoms with Crippen LogP contribution in [0, 0.1) is 0 Å². The van der Waals surface area contributed by atoms with Crippen molar-refractivity contribution in [2.75, 3.05) is 7.11 Å². The third-order valence-electron chi connectivity index (χ3n) is 2.90. The summed E-state index contributed by atoms with van der Waals surface area (Å²) in [6.45, 7) is 1.85. The lowest BCUT2D eigenvalue weighted by Crippen LogP contribution is -2.13. The zero-order valence-corrected chi connectivity index (χ0v) is 11.2. The van der Waals surface area contributed by atoms with Gasteiger partial charge >= 0.3 is 0 Å². The van der Waals surface area contributed by atoms with Gasteiger partial charge in [-0.05, 0) is 48.7 Å². The fourth-order valence-corrected chi connectivity index (χ4v) is 1.78. The van der Waals surface area contributed by atoms with Gasteiger partial charge in [0.25, 0.3) is 0 Å². The zero-order valence-electron chi connectivity index (χ0n) is 11.2. The van der Waals surface area contributed by atoms with Gasteiger partial charge in [0, 0.05) is 7.11 Å². The van der Waals surface area contributed by atoms with Crippen LogP contribution >= 0.6 is 0 Å². The summed E-state index contributed by atoms with van der Waals surface area (Å²) in [6, 6.07) is 15.2. The monoisotopic (exact) mass is 258 g/mol. The lowest BCUT2D eigenvalue weighted by atomic mass is 10.0. The lowest BCUT2D eigenvalue weighted by molar-refractivity contribution is -0.0382. The minimum Gasteiger partial charge on any atom is -0.508 e. The summed E-state index contributed by atoms with van der Waals surface area (Å²) >= 11 is 0. The number of benzene rings is 2. The van der Waals surface area contributed by atoms with Crippen LogP contribution in [-0.2, 0) is 11.2 Å². The van der Waals surface area contributed by atoms with E-state index in [9.17, 15) is 5.11 Å². The molecule has 1 unspecified atom stereocenters. The van der Waals surface area contributed by atoms with Gasteiger partial charge in [-0.15, -0.1) is 0 Å². The highest BCUT2D eigenvalue weighted by Gasteiger charge is 2.02. The summed E-state index contributed by atoms with van der Waals surface area (Å²) in [6.07, 6.45) is 0.586. The molecule has 0 aliphatic rings. The second-order valence-electron chi connectivity index (χ2n) is 4.41. The van der Waals surface area contributed by atoms with Crippen molar-refractivity contribution in [1.82, 2.24) is 0 Å². The average molecular weight is 258 g/mol. The van der Waals surface area contributed by atoms with Crippen LogP contribution in [0.4, 0.5) is 0 Å². The molecule has 3 heteroatoms. The molecule has 0 spiro atoms. The predicted octanol–water partition coefficient (Wildman–Crippen LogP) is 3.35. The molecule has 0 saturated heterocycles. The molecule has 0 amide bonds. The lowest BCUT2D eigenvalue weighted by Gasteiger charge is -2.12. The van der Waals surface area contributed by atoms with E-state index in [1.165, 1.54) is 5.56 Å². The first-order valence-corrected chi connectivity index (χ1v) is 6.23. The molecule has 3 nitrogen and oxygen atoms in total. The van der Waals surface area contributed by atoms with Gasteiger partial charge in [-0.3, -0.25) is 0 Å². The summed E-state index contributed by atoms with van der Waals surface area (Å²) in [5.41, 5.74) is 2.36. The number of hydrogen-bond donors (Lipinski definition) is 1. The van der Waals surface area contributed by atoms with Crippen LogP contribution in [0.25, 0.3) is 0 Å². The Morgan fingerprint density at radius 3 is 2.00 bits per heavy atom. The van der Waals surface area contributed by atoms with Gasteiger partial charge in [0.15, 0.2) is 6.29 Å². The fourth-order valence-electron chi connectivity index (χ4n) is 1.78. The molecule has 0 heterocycles. The van der Waals surface area contributed by atoms with Crippen molar-refractivity contribution in [2.45, 2.75) is 19.6 Å². The van der Waals surface area contributed by atoms with Crippen molar-refractivity contribution in [3.63, 3.8) is 0 Å². The Balaban J connectivity index is 2.00. The molecule has 1 atom stereocenters. The molecule has 0 radical (unpaired) electrons. The van der Waals surface area contributed by atoms with E-state index in [4.69, 9.17) is 9.47 Å². The highest BCUT2D eigenvalue weighted by molar-refractivity contribution is 5.33. The van der Waals surface area contributed by atoms with Crippen LogP contribution in [0.5, 0.6) is 11.5 Å². The van der Waals surface area contributed by atoms with Gasteiger partial charge in [0.05, 0.1) is 0 Å². The highest BCUT2D eigenvalue weighted by Crippen LogP contribution is 2.18. The van der Waals surface area contributed by atoms with Gasteiger partial charge in [-0.2, -0.15) is 0 Å². The summed E-state index contributed by atoms with van der Waals surface area (Å²) < 4.78 is 10.6. The molecule has 0 aliphatic heterocycles. The largest absolute Gasteiger partial charge is 0.508 e. The molecule has 2 rings (SSSR count). The molecule has 100 valence electrons. The van der Waals surface area contributed by atoms with E-state index in [0.717, 1.165) is 17.7 Å². The van der Waals surface area contributed by atoms with Crippen molar-refractivity contribution >= 4 is 0 Å². The molecular weight excluding hydrogens is 240 g/mol. The third-order valence-corrected chi connectivity index (χ3v) is 2.90. The smallest absolute Gasteiger partial charge is 0.196 e. The predicted molar refractivity (Wildman–Crippen MR) is 74.5 cm³/mol. The van der Waals surface area contributed by atoms with E-state index in [1.54, 1.807) is 19.2 Å². The first-order chi connectivity index (χ1) is 9.17. The van der Waals surface area contributed by atoms with Gasteiger partial charge in [-0.1, -0.05) is 24.3 Å².